The zero-order chi connectivity index (χ0) is 19.3. The van der Waals surface area contributed by atoms with E-state index in [1.54, 1.807) is 11.3 Å². The number of aryl methyl sites for hydroxylation is 1. The van der Waals surface area contributed by atoms with Gasteiger partial charge in [-0.1, -0.05) is 18.3 Å². The topological polar surface area (TPSA) is 121 Å². The van der Waals surface area contributed by atoms with Crippen LogP contribution < -0.4 is 11.1 Å². The molecule has 0 spiro atoms. The number of nitrogens with zero attached hydrogens (tertiary/aromatic N) is 3. The van der Waals surface area contributed by atoms with Crippen LogP contribution in [-0.4, -0.2) is 50.6 Å². The van der Waals surface area contributed by atoms with Crippen LogP contribution in [0, 0.1) is 6.92 Å². The van der Waals surface area contributed by atoms with Crippen LogP contribution in [0.3, 0.4) is 0 Å². The van der Waals surface area contributed by atoms with Gasteiger partial charge in [-0.05, 0) is 19.8 Å². The van der Waals surface area contributed by atoms with Gasteiger partial charge in [0.25, 0.3) is 0 Å². The van der Waals surface area contributed by atoms with Crippen LogP contribution in [0.2, 0.25) is 0 Å². The Labute approximate surface area is 164 Å². The minimum absolute atomic E-state index is 0.0741. The van der Waals surface area contributed by atoms with Crippen molar-refractivity contribution in [2.24, 2.45) is 5.73 Å². The van der Waals surface area contributed by atoms with Gasteiger partial charge in [-0.15, -0.1) is 11.3 Å². The number of nitrogens with one attached hydrogen (secondary N) is 1. The highest BCUT2D eigenvalue weighted by Gasteiger charge is 2.42. The van der Waals surface area contributed by atoms with Crippen LogP contribution >= 0.6 is 22.7 Å². The molecule has 1 saturated carbocycles. The van der Waals surface area contributed by atoms with Crippen molar-refractivity contribution in [3.8, 4) is 10.6 Å². The van der Waals surface area contributed by atoms with E-state index in [1.165, 1.54) is 29.1 Å². The van der Waals surface area contributed by atoms with Crippen LogP contribution in [0.4, 0.5) is 9.93 Å². The number of urea groups is 1. The fourth-order valence-corrected chi connectivity index (χ4v) is 5.24. The van der Waals surface area contributed by atoms with Crippen LogP contribution in [-0.2, 0) is 10.2 Å². The molecule has 2 aromatic rings. The molecule has 8 nitrogen and oxygen atoms in total. The van der Waals surface area contributed by atoms with Crippen molar-refractivity contribution in [1.29, 1.82) is 0 Å². The minimum atomic E-state index is -0.805. The highest BCUT2D eigenvalue weighted by molar-refractivity contribution is 7.19. The predicted octanol–water partition coefficient (Wildman–Crippen LogP) is 2.08. The summed E-state index contributed by atoms with van der Waals surface area (Å²) < 4.78 is 0. The SMILES string of the molecule is Cc1nc(NC(=O)N2C[C@H](O)C[C@H]2C(N)=O)sc1-c1csc(C2(C)CC2)n1. The van der Waals surface area contributed by atoms with Gasteiger partial charge >= 0.3 is 6.03 Å². The number of primary amides is 1. The first kappa shape index (κ1) is 18.3. The zero-order valence-electron chi connectivity index (χ0n) is 15.1. The Balaban J connectivity index is 1.51. The van der Waals surface area contributed by atoms with E-state index in [1.807, 2.05) is 12.3 Å². The number of amides is 3. The molecule has 3 heterocycles. The maximum atomic E-state index is 12.5. The molecule has 1 aliphatic heterocycles. The maximum absolute atomic E-state index is 12.5. The molecule has 0 unspecified atom stereocenters. The molecular formula is C17H21N5O3S2. The van der Waals surface area contributed by atoms with Crippen LogP contribution in [0.25, 0.3) is 10.6 Å². The second kappa shape index (κ2) is 6.54. The first-order valence-corrected chi connectivity index (χ1v) is 10.5. The third-order valence-corrected chi connectivity index (χ3v) is 7.38. The number of hydrogen-bond donors (Lipinski definition) is 3. The molecule has 27 heavy (non-hydrogen) atoms. The zero-order valence-corrected chi connectivity index (χ0v) is 16.7. The first-order chi connectivity index (χ1) is 12.8. The molecule has 2 aromatic heterocycles. The number of β-amino-alcohol motifs (C(OH)–C–C–N with tert-alkyl or cyclic N) is 1. The van der Waals surface area contributed by atoms with Gasteiger partial charge in [-0.2, -0.15) is 0 Å². The number of aliphatic hydroxyl groups is 1. The number of rotatable bonds is 4. The number of likely N-dealkylation sites (tertiary alicyclic amines) is 1. The number of aromatic nitrogens is 2. The summed E-state index contributed by atoms with van der Waals surface area (Å²) in [5.41, 5.74) is 7.23. The average molecular weight is 408 g/mol. The van der Waals surface area contributed by atoms with Gasteiger partial charge in [-0.3, -0.25) is 10.1 Å². The standard InChI is InChI=1S/C17H21N5O3S2/c1-8-12(10-7-26-14(20-10)17(2)3-4-17)27-15(19-8)21-16(25)22-6-9(23)5-11(22)13(18)24/h7,9,11,23H,3-6H2,1-2H3,(H2,18,24)(H,19,21,25)/t9-,11+/m1/s1. The maximum Gasteiger partial charge on any atom is 0.324 e. The second-order valence-electron chi connectivity index (χ2n) is 7.42. The van der Waals surface area contributed by atoms with Gasteiger partial charge in [0, 0.05) is 23.8 Å². The molecular weight excluding hydrogens is 386 g/mol. The lowest BCUT2D eigenvalue weighted by Crippen LogP contribution is -2.45. The number of thiazole rings is 2. The summed E-state index contributed by atoms with van der Waals surface area (Å²) >= 11 is 3.01. The van der Waals surface area contributed by atoms with Crippen molar-refractivity contribution >= 4 is 39.7 Å². The van der Waals surface area contributed by atoms with Gasteiger partial charge in [0.05, 0.1) is 27.4 Å². The summed E-state index contributed by atoms with van der Waals surface area (Å²) in [5.74, 6) is -0.624. The molecule has 2 fully saturated rings. The van der Waals surface area contributed by atoms with Crippen molar-refractivity contribution < 1.29 is 14.7 Å². The molecule has 10 heteroatoms. The van der Waals surface area contributed by atoms with E-state index >= 15 is 0 Å². The predicted molar refractivity (Wildman–Crippen MR) is 104 cm³/mol. The first-order valence-electron chi connectivity index (χ1n) is 8.75. The van der Waals surface area contributed by atoms with E-state index < -0.39 is 24.1 Å². The quantitative estimate of drug-likeness (QED) is 0.716. The molecule has 0 bridgehead atoms. The molecule has 4 N–H and O–H groups in total. The Bertz CT molecular complexity index is 904. The van der Waals surface area contributed by atoms with E-state index in [-0.39, 0.29) is 18.4 Å². The molecule has 1 aliphatic carbocycles. The summed E-state index contributed by atoms with van der Waals surface area (Å²) in [7, 11) is 0. The summed E-state index contributed by atoms with van der Waals surface area (Å²) in [4.78, 5) is 35.4. The van der Waals surface area contributed by atoms with Gasteiger partial charge in [0.15, 0.2) is 5.13 Å². The highest BCUT2D eigenvalue weighted by atomic mass is 32.1. The molecule has 144 valence electrons. The van der Waals surface area contributed by atoms with Crippen molar-refractivity contribution in [3.63, 3.8) is 0 Å². The van der Waals surface area contributed by atoms with Gasteiger partial charge in [-0.25, -0.2) is 14.8 Å². The van der Waals surface area contributed by atoms with Gasteiger partial charge in [0.1, 0.15) is 6.04 Å². The molecule has 0 aromatic carbocycles. The third-order valence-electron chi connectivity index (χ3n) is 5.13. The largest absolute Gasteiger partial charge is 0.391 e. The van der Waals surface area contributed by atoms with Crippen LogP contribution in [0.15, 0.2) is 5.38 Å². The Kier molecular flexibility index (Phi) is 4.44. The monoisotopic (exact) mass is 407 g/mol. The Hall–Kier alpha value is -2.04. The van der Waals surface area contributed by atoms with Crippen molar-refractivity contribution in [2.75, 3.05) is 11.9 Å². The van der Waals surface area contributed by atoms with E-state index in [0.717, 1.165) is 21.3 Å². The van der Waals surface area contributed by atoms with E-state index in [9.17, 15) is 14.7 Å². The van der Waals surface area contributed by atoms with Crippen LogP contribution in [0.5, 0.6) is 0 Å². The van der Waals surface area contributed by atoms with E-state index in [2.05, 4.69) is 17.2 Å². The number of aliphatic hydroxyl groups excluding tert-OH is 1. The van der Waals surface area contributed by atoms with Crippen LogP contribution in [0.1, 0.15) is 36.9 Å². The normalized spacial score (nSPS) is 23.4. The molecule has 2 aliphatic rings. The summed E-state index contributed by atoms with van der Waals surface area (Å²) in [6, 6.07) is -1.29. The number of nitrogens with two attached hydrogens (primary N) is 1. The molecule has 1 saturated heterocycles. The number of anilines is 1. The van der Waals surface area contributed by atoms with Gasteiger partial charge in [0.2, 0.25) is 5.91 Å². The number of carbonyl (C=O) groups excluding carboxylic acids is 2. The molecule has 4 rings (SSSR count). The Morgan fingerprint density at radius 1 is 1.41 bits per heavy atom. The number of hydrogen-bond acceptors (Lipinski definition) is 7. The Morgan fingerprint density at radius 3 is 2.81 bits per heavy atom. The highest BCUT2D eigenvalue weighted by Crippen LogP contribution is 2.49. The third kappa shape index (κ3) is 3.44. The molecule has 2 atom stereocenters. The van der Waals surface area contributed by atoms with E-state index in [4.69, 9.17) is 10.7 Å². The lowest BCUT2D eigenvalue weighted by molar-refractivity contribution is -0.121. The summed E-state index contributed by atoms with van der Waals surface area (Å²) in [6.07, 6.45) is 1.75. The second-order valence-corrected chi connectivity index (χ2v) is 9.28. The van der Waals surface area contributed by atoms with E-state index in [0.29, 0.717) is 5.13 Å². The Morgan fingerprint density at radius 2 is 2.15 bits per heavy atom. The fraction of sp³-hybridized carbons (Fsp3) is 0.529. The fourth-order valence-electron chi connectivity index (χ4n) is 3.22. The summed E-state index contributed by atoms with van der Waals surface area (Å²) in [5, 5.41) is 16.1. The lowest BCUT2D eigenvalue weighted by Gasteiger charge is -2.21. The van der Waals surface area contributed by atoms with Crippen molar-refractivity contribution in [2.45, 2.75) is 50.7 Å². The van der Waals surface area contributed by atoms with Gasteiger partial charge < -0.3 is 15.7 Å². The average Bonchev–Trinajstić information content (AvgIpc) is 2.98. The number of carbonyl (C=O) groups is 2. The minimum Gasteiger partial charge on any atom is -0.391 e. The van der Waals surface area contributed by atoms with Crippen molar-refractivity contribution in [3.05, 3.63) is 16.1 Å². The molecule has 3 amide bonds. The summed E-state index contributed by atoms with van der Waals surface area (Å²) in [6.45, 7) is 4.18. The lowest BCUT2D eigenvalue weighted by atomic mass is 10.2. The smallest absolute Gasteiger partial charge is 0.324 e. The van der Waals surface area contributed by atoms with Crippen molar-refractivity contribution in [1.82, 2.24) is 14.9 Å². The molecule has 0 radical (unpaired) electrons.